The first-order valence-corrected chi connectivity index (χ1v) is 8.15. The summed E-state index contributed by atoms with van der Waals surface area (Å²) in [6.45, 7) is 3.42. The topological polar surface area (TPSA) is 50.2 Å². The third-order valence-corrected chi connectivity index (χ3v) is 4.97. The predicted octanol–water partition coefficient (Wildman–Crippen LogP) is 4.86. The van der Waals surface area contributed by atoms with E-state index in [1.54, 1.807) is 26.2 Å². The van der Waals surface area contributed by atoms with E-state index >= 15 is 0 Å². The lowest BCUT2D eigenvalue weighted by molar-refractivity contribution is -0.138. The molecule has 0 aliphatic rings. The summed E-state index contributed by atoms with van der Waals surface area (Å²) in [4.78, 5) is 16.5. The van der Waals surface area contributed by atoms with Crippen LogP contribution in [-0.2, 0) is 4.79 Å². The molecule has 0 unspecified atom stereocenters. The number of pyridine rings is 1. The number of aromatic nitrogens is 1. The molecule has 116 valence electrons. The molecule has 0 bridgehead atoms. The summed E-state index contributed by atoms with van der Waals surface area (Å²) in [7, 11) is 0. The van der Waals surface area contributed by atoms with E-state index in [1.165, 1.54) is 11.8 Å². The summed E-state index contributed by atoms with van der Waals surface area (Å²) in [5, 5.41) is 11.7. The zero-order chi connectivity index (χ0) is 16.4. The lowest BCUT2D eigenvalue weighted by Crippen LogP contribution is -2.27. The lowest BCUT2D eigenvalue weighted by Gasteiger charge is -2.20. The number of carboxylic acid groups (broad SMARTS) is 1. The zero-order valence-corrected chi connectivity index (χ0v) is 13.8. The molecule has 0 atom stereocenters. The van der Waals surface area contributed by atoms with Gasteiger partial charge in [-0.15, -0.1) is 11.8 Å². The first-order chi connectivity index (χ1) is 11.0. The van der Waals surface area contributed by atoms with Crippen LogP contribution in [-0.4, -0.2) is 20.8 Å². The SMILES string of the molecule is CC(C)(Sc1cnccc1-c1cccc2ccccc12)C(=O)O. The molecule has 3 nitrogen and oxygen atoms in total. The maximum Gasteiger partial charge on any atom is 0.319 e. The lowest BCUT2D eigenvalue weighted by atomic mass is 9.99. The number of hydrogen-bond donors (Lipinski definition) is 1. The molecule has 1 aromatic heterocycles. The summed E-state index contributed by atoms with van der Waals surface area (Å²) in [5.74, 6) is -0.838. The van der Waals surface area contributed by atoms with E-state index in [0.29, 0.717) is 0 Å². The van der Waals surface area contributed by atoms with E-state index in [2.05, 4.69) is 29.2 Å². The van der Waals surface area contributed by atoms with E-state index < -0.39 is 10.7 Å². The average molecular weight is 323 g/mol. The van der Waals surface area contributed by atoms with Crippen molar-refractivity contribution in [1.29, 1.82) is 0 Å². The minimum atomic E-state index is -0.914. The average Bonchev–Trinajstić information content (AvgIpc) is 2.54. The third kappa shape index (κ3) is 3.08. The highest BCUT2D eigenvalue weighted by Gasteiger charge is 2.29. The Balaban J connectivity index is 2.15. The molecule has 1 N–H and O–H groups in total. The molecule has 0 saturated heterocycles. The van der Waals surface area contributed by atoms with Gasteiger partial charge in [0.25, 0.3) is 0 Å². The van der Waals surface area contributed by atoms with E-state index in [-0.39, 0.29) is 0 Å². The molecule has 2 aromatic carbocycles. The van der Waals surface area contributed by atoms with Crippen LogP contribution < -0.4 is 0 Å². The van der Waals surface area contributed by atoms with Gasteiger partial charge in [-0.25, -0.2) is 0 Å². The van der Waals surface area contributed by atoms with E-state index in [4.69, 9.17) is 0 Å². The summed E-state index contributed by atoms with van der Waals surface area (Å²) in [6.07, 6.45) is 3.49. The van der Waals surface area contributed by atoms with Gasteiger partial charge in [-0.3, -0.25) is 9.78 Å². The van der Waals surface area contributed by atoms with E-state index in [9.17, 15) is 9.90 Å². The van der Waals surface area contributed by atoms with Crippen molar-refractivity contribution in [3.8, 4) is 11.1 Å². The Hall–Kier alpha value is -2.33. The van der Waals surface area contributed by atoms with Crippen LogP contribution in [0.15, 0.2) is 65.8 Å². The summed E-state index contributed by atoms with van der Waals surface area (Å²) < 4.78 is -0.914. The Bertz CT molecular complexity index is 869. The Morgan fingerprint density at radius 3 is 2.57 bits per heavy atom. The monoisotopic (exact) mass is 323 g/mol. The maximum atomic E-state index is 11.4. The largest absolute Gasteiger partial charge is 0.480 e. The Morgan fingerprint density at radius 1 is 1.04 bits per heavy atom. The second-order valence-electron chi connectivity index (χ2n) is 5.82. The fraction of sp³-hybridized carbons (Fsp3) is 0.158. The van der Waals surface area contributed by atoms with Gasteiger partial charge in [0.1, 0.15) is 4.75 Å². The van der Waals surface area contributed by atoms with Gasteiger partial charge >= 0.3 is 5.97 Å². The number of fused-ring (bicyclic) bond motifs is 1. The van der Waals surface area contributed by atoms with Gasteiger partial charge in [0.15, 0.2) is 0 Å². The van der Waals surface area contributed by atoms with Gasteiger partial charge in [0.2, 0.25) is 0 Å². The molecule has 0 aliphatic carbocycles. The van der Waals surface area contributed by atoms with Gasteiger partial charge in [-0.2, -0.15) is 0 Å². The number of nitrogens with zero attached hydrogens (tertiary/aromatic N) is 1. The molecule has 1 heterocycles. The van der Waals surface area contributed by atoms with Crippen molar-refractivity contribution in [1.82, 2.24) is 4.98 Å². The van der Waals surface area contributed by atoms with Crippen molar-refractivity contribution in [3.63, 3.8) is 0 Å². The summed E-state index contributed by atoms with van der Waals surface area (Å²) in [6, 6.07) is 16.3. The number of carboxylic acids is 1. The highest BCUT2D eigenvalue weighted by molar-refractivity contribution is 8.01. The van der Waals surface area contributed by atoms with E-state index in [0.717, 1.165) is 26.8 Å². The number of thioether (sulfide) groups is 1. The Morgan fingerprint density at radius 2 is 1.78 bits per heavy atom. The first-order valence-electron chi connectivity index (χ1n) is 7.33. The van der Waals surface area contributed by atoms with Crippen molar-refractivity contribution in [3.05, 3.63) is 60.9 Å². The van der Waals surface area contributed by atoms with Crippen LogP contribution in [0.2, 0.25) is 0 Å². The fourth-order valence-electron chi connectivity index (χ4n) is 2.46. The molecule has 0 amide bonds. The zero-order valence-electron chi connectivity index (χ0n) is 13.0. The Kier molecular flexibility index (Phi) is 4.09. The third-order valence-electron chi connectivity index (χ3n) is 3.74. The second kappa shape index (κ2) is 6.05. The number of aliphatic carboxylic acids is 1. The van der Waals surface area contributed by atoms with Crippen molar-refractivity contribution >= 4 is 28.5 Å². The molecular formula is C19H17NO2S. The van der Waals surface area contributed by atoms with Crippen LogP contribution in [0.1, 0.15) is 13.8 Å². The van der Waals surface area contributed by atoms with Crippen molar-refractivity contribution < 1.29 is 9.90 Å². The first kappa shape index (κ1) is 15.6. The molecule has 23 heavy (non-hydrogen) atoms. The summed E-state index contributed by atoms with van der Waals surface area (Å²) in [5.41, 5.74) is 2.10. The molecule has 4 heteroatoms. The van der Waals surface area contributed by atoms with Crippen LogP contribution >= 0.6 is 11.8 Å². The minimum Gasteiger partial charge on any atom is -0.480 e. The fourth-order valence-corrected chi connectivity index (χ4v) is 3.50. The van der Waals surface area contributed by atoms with Gasteiger partial charge in [-0.1, -0.05) is 42.5 Å². The van der Waals surface area contributed by atoms with Crippen LogP contribution in [0, 0.1) is 0 Å². The standard InChI is InChI=1S/C19H17NO2S/c1-19(2,18(21)22)23-17-12-20-11-10-16(17)15-9-5-7-13-6-3-4-8-14(13)15/h3-12H,1-2H3,(H,21,22). The van der Waals surface area contributed by atoms with Crippen molar-refractivity contribution in [2.45, 2.75) is 23.5 Å². The highest BCUT2D eigenvalue weighted by atomic mass is 32.2. The predicted molar refractivity (Wildman–Crippen MR) is 94.8 cm³/mol. The highest BCUT2D eigenvalue weighted by Crippen LogP contribution is 2.40. The van der Waals surface area contributed by atoms with Crippen LogP contribution in [0.25, 0.3) is 21.9 Å². The number of benzene rings is 2. The quantitative estimate of drug-likeness (QED) is 0.697. The molecular weight excluding hydrogens is 306 g/mol. The van der Waals surface area contributed by atoms with E-state index in [1.807, 2.05) is 24.3 Å². The number of hydrogen-bond acceptors (Lipinski definition) is 3. The van der Waals surface area contributed by atoms with Gasteiger partial charge in [0.05, 0.1) is 0 Å². The normalized spacial score (nSPS) is 11.6. The molecule has 3 rings (SSSR count). The van der Waals surface area contributed by atoms with Crippen molar-refractivity contribution in [2.75, 3.05) is 0 Å². The second-order valence-corrected chi connectivity index (χ2v) is 7.48. The number of rotatable bonds is 4. The Labute approximate surface area is 139 Å². The molecule has 0 aliphatic heterocycles. The minimum absolute atomic E-state index is 0.838. The maximum absolute atomic E-state index is 11.4. The van der Waals surface area contributed by atoms with Crippen LogP contribution in [0.5, 0.6) is 0 Å². The molecule has 3 aromatic rings. The van der Waals surface area contributed by atoms with Gasteiger partial charge < -0.3 is 5.11 Å². The molecule has 0 fully saturated rings. The van der Waals surface area contributed by atoms with Gasteiger partial charge in [-0.05, 0) is 41.8 Å². The number of carbonyl (C=O) groups is 1. The van der Waals surface area contributed by atoms with Crippen LogP contribution in [0.3, 0.4) is 0 Å². The molecule has 0 spiro atoms. The molecule has 0 saturated carbocycles. The smallest absolute Gasteiger partial charge is 0.319 e. The van der Waals surface area contributed by atoms with Gasteiger partial charge in [0, 0.05) is 17.3 Å². The van der Waals surface area contributed by atoms with Crippen molar-refractivity contribution in [2.24, 2.45) is 0 Å². The van der Waals surface area contributed by atoms with Crippen LogP contribution in [0.4, 0.5) is 0 Å². The summed E-state index contributed by atoms with van der Waals surface area (Å²) >= 11 is 1.32. The molecule has 0 radical (unpaired) electrons.